The SMILES string of the molecule is Cc1ccccc1CCNc1cc([N+](=O)[O-])ccc1C. The molecule has 0 aliphatic heterocycles. The lowest BCUT2D eigenvalue weighted by Crippen LogP contribution is -2.07. The van der Waals surface area contributed by atoms with Gasteiger partial charge in [0.1, 0.15) is 0 Å². The topological polar surface area (TPSA) is 55.2 Å². The summed E-state index contributed by atoms with van der Waals surface area (Å²) < 4.78 is 0. The van der Waals surface area contributed by atoms with E-state index in [1.165, 1.54) is 17.2 Å². The summed E-state index contributed by atoms with van der Waals surface area (Å²) in [5, 5.41) is 14.1. The van der Waals surface area contributed by atoms with Crippen LogP contribution in [0.5, 0.6) is 0 Å². The highest BCUT2D eigenvalue weighted by atomic mass is 16.6. The fourth-order valence-corrected chi connectivity index (χ4v) is 2.14. The number of nitrogens with zero attached hydrogens (tertiary/aromatic N) is 1. The van der Waals surface area contributed by atoms with Gasteiger partial charge in [-0.1, -0.05) is 30.3 Å². The van der Waals surface area contributed by atoms with E-state index in [1.807, 2.05) is 19.1 Å². The summed E-state index contributed by atoms with van der Waals surface area (Å²) in [5.74, 6) is 0. The Morgan fingerprint density at radius 3 is 2.55 bits per heavy atom. The summed E-state index contributed by atoms with van der Waals surface area (Å²) >= 11 is 0. The standard InChI is InChI=1S/C16H18N2O2/c1-12-5-3-4-6-14(12)9-10-17-16-11-15(18(19)20)8-7-13(16)2/h3-8,11,17H,9-10H2,1-2H3. The van der Waals surface area contributed by atoms with Crippen molar-refractivity contribution in [2.45, 2.75) is 20.3 Å². The molecule has 0 atom stereocenters. The fourth-order valence-electron chi connectivity index (χ4n) is 2.14. The van der Waals surface area contributed by atoms with Crippen LogP contribution in [0.2, 0.25) is 0 Å². The molecular formula is C16H18N2O2. The van der Waals surface area contributed by atoms with Crippen LogP contribution in [0.25, 0.3) is 0 Å². The molecule has 0 saturated heterocycles. The highest BCUT2D eigenvalue weighted by molar-refractivity contribution is 5.56. The third kappa shape index (κ3) is 3.35. The summed E-state index contributed by atoms with van der Waals surface area (Å²) in [6.07, 6.45) is 0.898. The predicted molar refractivity (Wildman–Crippen MR) is 81.2 cm³/mol. The number of rotatable bonds is 5. The molecule has 1 N–H and O–H groups in total. The number of hydrogen-bond donors (Lipinski definition) is 1. The van der Waals surface area contributed by atoms with Crippen LogP contribution >= 0.6 is 0 Å². The first-order valence-corrected chi connectivity index (χ1v) is 6.61. The lowest BCUT2D eigenvalue weighted by atomic mass is 10.1. The molecule has 0 heterocycles. The lowest BCUT2D eigenvalue weighted by molar-refractivity contribution is -0.384. The number of nitro benzene ring substituents is 1. The van der Waals surface area contributed by atoms with Crippen LogP contribution < -0.4 is 5.32 Å². The van der Waals surface area contributed by atoms with Gasteiger partial charge in [-0.2, -0.15) is 0 Å². The number of hydrogen-bond acceptors (Lipinski definition) is 3. The Kier molecular flexibility index (Phi) is 4.35. The molecule has 4 nitrogen and oxygen atoms in total. The van der Waals surface area contributed by atoms with E-state index in [1.54, 1.807) is 12.1 Å². The average Bonchev–Trinajstić information content (AvgIpc) is 2.42. The van der Waals surface area contributed by atoms with Gasteiger partial charge < -0.3 is 5.32 Å². The second-order valence-corrected chi connectivity index (χ2v) is 4.86. The number of nitro groups is 1. The minimum atomic E-state index is -0.369. The Bertz CT molecular complexity index is 624. The van der Waals surface area contributed by atoms with E-state index in [0.29, 0.717) is 0 Å². The van der Waals surface area contributed by atoms with Gasteiger partial charge in [0.15, 0.2) is 0 Å². The Morgan fingerprint density at radius 2 is 1.85 bits per heavy atom. The third-order valence-electron chi connectivity index (χ3n) is 3.40. The molecule has 104 valence electrons. The quantitative estimate of drug-likeness (QED) is 0.663. The van der Waals surface area contributed by atoms with Gasteiger partial charge in [0, 0.05) is 24.4 Å². The van der Waals surface area contributed by atoms with Crippen LogP contribution in [0.3, 0.4) is 0 Å². The summed E-state index contributed by atoms with van der Waals surface area (Å²) in [5.41, 5.74) is 4.52. The molecule has 0 fully saturated rings. The highest BCUT2D eigenvalue weighted by Crippen LogP contribution is 2.21. The third-order valence-corrected chi connectivity index (χ3v) is 3.40. The first kappa shape index (κ1) is 14.1. The molecule has 0 amide bonds. The van der Waals surface area contributed by atoms with Crippen molar-refractivity contribution in [2.75, 3.05) is 11.9 Å². The van der Waals surface area contributed by atoms with Crippen molar-refractivity contribution in [3.05, 3.63) is 69.3 Å². The van der Waals surface area contributed by atoms with Crippen molar-refractivity contribution < 1.29 is 4.92 Å². The van der Waals surface area contributed by atoms with E-state index in [2.05, 4.69) is 24.4 Å². The minimum Gasteiger partial charge on any atom is -0.384 e. The van der Waals surface area contributed by atoms with Crippen molar-refractivity contribution in [1.29, 1.82) is 0 Å². The molecule has 0 bridgehead atoms. The van der Waals surface area contributed by atoms with Gasteiger partial charge in [-0.05, 0) is 37.0 Å². The maximum Gasteiger partial charge on any atom is 0.271 e. The summed E-state index contributed by atoms with van der Waals surface area (Å²) in [7, 11) is 0. The second-order valence-electron chi connectivity index (χ2n) is 4.86. The Hall–Kier alpha value is -2.36. The van der Waals surface area contributed by atoms with Crippen LogP contribution in [0.1, 0.15) is 16.7 Å². The van der Waals surface area contributed by atoms with E-state index >= 15 is 0 Å². The van der Waals surface area contributed by atoms with Gasteiger partial charge in [0.25, 0.3) is 5.69 Å². The van der Waals surface area contributed by atoms with Gasteiger partial charge in [0.2, 0.25) is 0 Å². The number of non-ortho nitro benzene ring substituents is 1. The highest BCUT2D eigenvalue weighted by Gasteiger charge is 2.08. The van der Waals surface area contributed by atoms with Crippen molar-refractivity contribution in [2.24, 2.45) is 0 Å². The average molecular weight is 270 g/mol. The number of nitrogens with one attached hydrogen (secondary N) is 1. The van der Waals surface area contributed by atoms with Crippen molar-refractivity contribution in [1.82, 2.24) is 0 Å². The summed E-state index contributed by atoms with van der Waals surface area (Å²) in [6.45, 7) is 4.79. The molecule has 0 radical (unpaired) electrons. The molecule has 2 rings (SSSR count). The van der Waals surface area contributed by atoms with Gasteiger partial charge in [-0.25, -0.2) is 0 Å². The predicted octanol–water partition coefficient (Wildman–Crippen LogP) is 3.87. The van der Waals surface area contributed by atoms with Crippen LogP contribution in [0.4, 0.5) is 11.4 Å². The Labute approximate surface area is 118 Å². The lowest BCUT2D eigenvalue weighted by Gasteiger charge is -2.10. The minimum absolute atomic E-state index is 0.119. The fraction of sp³-hybridized carbons (Fsp3) is 0.250. The maximum absolute atomic E-state index is 10.8. The smallest absolute Gasteiger partial charge is 0.271 e. The van der Waals surface area contributed by atoms with Crippen molar-refractivity contribution in [3.63, 3.8) is 0 Å². The molecule has 2 aromatic carbocycles. The molecule has 2 aromatic rings. The molecule has 0 aliphatic carbocycles. The van der Waals surface area contributed by atoms with Gasteiger partial charge in [0.05, 0.1) is 4.92 Å². The zero-order chi connectivity index (χ0) is 14.5. The van der Waals surface area contributed by atoms with Crippen LogP contribution in [-0.2, 0) is 6.42 Å². The van der Waals surface area contributed by atoms with E-state index in [-0.39, 0.29) is 10.6 Å². The van der Waals surface area contributed by atoms with Crippen LogP contribution in [-0.4, -0.2) is 11.5 Å². The first-order valence-electron chi connectivity index (χ1n) is 6.61. The molecule has 0 spiro atoms. The first-order chi connectivity index (χ1) is 9.58. The normalized spacial score (nSPS) is 10.3. The Balaban J connectivity index is 2.02. The molecule has 0 aliphatic rings. The van der Waals surface area contributed by atoms with Crippen LogP contribution in [0.15, 0.2) is 42.5 Å². The van der Waals surface area contributed by atoms with Gasteiger partial charge >= 0.3 is 0 Å². The van der Waals surface area contributed by atoms with Gasteiger partial charge in [-0.15, -0.1) is 0 Å². The zero-order valence-corrected chi connectivity index (χ0v) is 11.7. The van der Waals surface area contributed by atoms with E-state index in [9.17, 15) is 10.1 Å². The van der Waals surface area contributed by atoms with Gasteiger partial charge in [-0.3, -0.25) is 10.1 Å². The molecular weight excluding hydrogens is 252 g/mol. The summed E-state index contributed by atoms with van der Waals surface area (Å²) in [6, 6.07) is 13.1. The van der Waals surface area contributed by atoms with Crippen LogP contribution in [0, 0.1) is 24.0 Å². The molecule has 0 unspecified atom stereocenters. The van der Waals surface area contributed by atoms with E-state index < -0.39 is 0 Å². The number of benzene rings is 2. The van der Waals surface area contributed by atoms with E-state index in [4.69, 9.17) is 0 Å². The molecule has 0 aromatic heterocycles. The molecule has 0 saturated carbocycles. The number of anilines is 1. The van der Waals surface area contributed by atoms with E-state index in [0.717, 1.165) is 24.2 Å². The summed E-state index contributed by atoms with van der Waals surface area (Å²) in [4.78, 5) is 10.4. The monoisotopic (exact) mass is 270 g/mol. The number of aryl methyl sites for hydroxylation is 2. The largest absolute Gasteiger partial charge is 0.384 e. The van der Waals surface area contributed by atoms with Crippen molar-refractivity contribution >= 4 is 11.4 Å². The molecule has 4 heteroatoms. The molecule has 20 heavy (non-hydrogen) atoms. The second kappa shape index (κ2) is 6.19. The maximum atomic E-state index is 10.8. The van der Waals surface area contributed by atoms with Crippen molar-refractivity contribution in [3.8, 4) is 0 Å². The Morgan fingerprint density at radius 1 is 1.10 bits per heavy atom. The zero-order valence-electron chi connectivity index (χ0n) is 11.7.